The Morgan fingerprint density at radius 3 is 2.17 bits per heavy atom. The van der Waals surface area contributed by atoms with Crippen LogP contribution in [0.15, 0.2) is 59.8 Å². The molecule has 0 aromatic heterocycles. The number of ketones is 2. The van der Waals surface area contributed by atoms with Crippen LogP contribution in [0.5, 0.6) is 0 Å². The quantitative estimate of drug-likeness (QED) is 0.215. The second kappa shape index (κ2) is 10.7. The molecule has 1 aliphatic carbocycles. The maximum Gasteiger partial charge on any atom is 0.174 e. The maximum atomic E-state index is 12.9. The van der Waals surface area contributed by atoms with Gasteiger partial charge in [0.1, 0.15) is 0 Å². The summed E-state index contributed by atoms with van der Waals surface area (Å²) in [6.45, 7) is 8.36. The Morgan fingerprint density at radius 2 is 1.60 bits per heavy atom. The molecule has 8 heteroatoms. The Kier molecular flexibility index (Phi) is 8.29. The van der Waals surface area contributed by atoms with Crippen LogP contribution in [0.3, 0.4) is 0 Å². The summed E-state index contributed by atoms with van der Waals surface area (Å²) < 4.78 is 33.3. The number of hydrogen-bond acceptors (Lipinski definition) is 7. The monoisotopic (exact) mass is 514 g/mol. The van der Waals surface area contributed by atoms with E-state index in [4.69, 9.17) is 12.2 Å². The van der Waals surface area contributed by atoms with E-state index >= 15 is 0 Å². The van der Waals surface area contributed by atoms with Crippen LogP contribution in [0.25, 0.3) is 0 Å². The van der Waals surface area contributed by atoms with Crippen molar-refractivity contribution in [1.29, 1.82) is 0 Å². The van der Waals surface area contributed by atoms with E-state index in [1.54, 1.807) is 18.2 Å². The van der Waals surface area contributed by atoms with E-state index in [1.165, 1.54) is 0 Å². The lowest BCUT2D eigenvalue weighted by Crippen LogP contribution is -2.41. The second-order valence-corrected chi connectivity index (χ2v) is 11.5. The molecule has 0 radical (unpaired) electrons. The third-order valence-electron chi connectivity index (χ3n) is 6.87. The molecular weight excluding hydrogens is 482 g/mol. The predicted molar refractivity (Wildman–Crippen MR) is 141 cm³/mol. The summed E-state index contributed by atoms with van der Waals surface area (Å²) in [7, 11) is -4.29. The van der Waals surface area contributed by atoms with Gasteiger partial charge in [-0.25, -0.2) is 8.42 Å². The van der Waals surface area contributed by atoms with E-state index in [9.17, 15) is 22.6 Å². The lowest BCUT2D eigenvalue weighted by Gasteiger charge is -2.28. The first-order chi connectivity index (χ1) is 16.4. The first-order valence-corrected chi connectivity index (χ1v) is 13.9. The first-order valence-electron chi connectivity index (χ1n) is 12.0. The van der Waals surface area contributed by atoms with Gasteiger partial charge in [-0.2, -0.15) is 0 Å². The summed E-state index contributed by atoms with van der Waals surface area (Å²) in [5.41, 5.74) is 2.86. The fraction of sp³-hybridized carbons (Fsp3) is 0.444. The summed E-state index contributed by atoms with van der Waals surface area (Å²) in [4.78, 5) is 28.4. The molecule has 2 unspecified atom stereocenters. The van der Waals surface area contributed by atoms with Gasteiger partial charge in [0.2, 0.25) is 0 Å². The molecule has 1 aliphatic heterocycles. The van der Waals surface area contributed by atoms with Crippen LogP contribution in [-0.2, 0) is 25.1 Å². The molecule has 188 valence electrons. The third-order valence-corrected chi connectivity index (χ3v) is 8.23. The molecule has 1 heterocycles. The van der Waals surface area contributed by atoms with E-state index in [2.05, 4.69) is 13.8 Å². The number of hydrogen-bond donors (Lipinski definition) is 0. The molecular formula is C27H32NO5S2-. The molecule has 2 atom stereocenters. The number of thiocarbonyl (C=S) groups is 1. The van der Waals surface area contributed by atoms with Gasteiger partial charge in [-0.05, 0) is 43.0 Å². The Balaban J connectivity index is 1.92. The molecule has 1 fully saturated rings. The zero-order valence-electron chi connectivity index (χ0n) is 20.6. The van der Waals surface area contributed by atoms with Gasteiger partial charge in [0.05, 0.1) is 27.5 Å². The van der Waals surface area contributed by atoms with Gasteiger partial charge in [-0.15, -0.1) is 0 Å². The largest absolute Gasteiger partial charge is 0.748 e. The number of anilines is 1. The first kappa shape index (κ1) is 27.2. The number of rotatable bonds is 8. The average molecular weight is 515 g/mol. The Bertz CT molecular complexity index is 1200. The SMILES string of the molecule is CCC1C(=O)C(=CC=CC=C2N(CCCS(=O)(=O)[O-])c3ccccc3C2(C)C)C(=O)C(CC)C1=S. The Hall–Kier alpha value is -2.42. The van der Waals surface area contributed by atoms with Gasteiger partial charge in [-0.3, -0.25) is 9.59 Å². The van der Waals surface area contributed by atoms with Crippen LogP contribution < -0.4 is 4.90 Å². The lowest BCUT2D eigenvalue weighted by molar-refractivity contribution is -0.125. The molecule has 0 N–H and O–H groups in total. The molecule has 35 heavy (non-hydrogen) atoms. The van der Waals surface area contributed by atoms with Crippen molar-refractivity contribution in [3.05, 3.63) is 65.4 Å². The van der Waals surface area contributed by atoms with Crippen molar-refractivity contribution >= 4 is 44.5 Å². The van der Waals surface area contributed by atoms with Crippen LogP contribution in [0.2, 0.25) is 0 Å². The smallest absolute Gasteiger partial charge is 0.174 e. The minimum atomic E-state index is -4.29. The molecule has 0 spiro atoms. The van der Waals surface area contributed by atoms with E-state index in [-0.39, 0.29) is 29.0 Å². The van der Waals surface area contributed by atoms with Crippen LogP contribution in [-0.4, -0.2) is 41.7 Å². The highest BCUT2D eigenvalue weighted by molar-refractivity contribution is 7.85. The van der Waals surface area contributed by atoms with Gasteiger partial charge >= 0.3 is 0 Å². The van der Waals surface area contributed by atoms with Crippen molar-refractivity contribution in [2.24, 2.45) is 11.8 Å². The topological polar surface area (TPSA) is 94.6 Å². The summed E-state index contributed by atoms with van der Waals surface area (Å²) in [6.07, 6.45) is 8.35. The molecule has 1 aromatic rings. The number of carbonyl (C=O) groups excluding carboxylic acids is 2. The van der Waals surface area contributed by atoms with Gasteiger partial charge in [0.25, 0.3) is 0 Å². The standard InChI is InChI=1S/C27H33NO5S2/c1-5-18-24(29)20(25(30)19(6-2)26(18)34)12-7-10-15-23-27(3,4)21-13-8-9-14-22(21)28(23)16-11-17-35(31,32)33/h7-10,12-15,18-19H,5-6,11,16-17H2,1-4H3,(H,31,32,33)/p-1. The van der Waals surface area contributed by atoms with E-state index in [0.29, 0.717) is 24.3 Å². The van der Waals surface area contributed by atoms with Crippen LogP contribution in [0.4, 0.5) is 5.69 Å². The minimum Gasteiger partial charge on any atom is -0.748 e. The summed E-state index contributed by atoms with van der Waals surface area (Å²) in [5.74, 6) is -1.65. The van der Waals surface area contributed by atoms with E-state index < -0.39 is 27.7 Å². The highest BCUT2D eigenvalue weighted by atomic mass is 32.2. The Morgan fingerprint density at radius 1 is 1.03 bits per heavy atom. The van der Waals surface area contributed by atoms with Crippen molar-refractivity contribution in [3.8, 4) is 0 Å². The zero-order chi connectivity index (χ0) is 26.0. The molecule has 1 saturated carbocycles. The molecule has 2 aliphatic rings. The number of fused-ring (bicyclic) bond motifs is 1. The molecule has 0 amide bonds. The highest BCUT2D eigenvalue weighted by Gasteiger charge is 2.41. The second-order valence-electron chi connectivity index (χ2n) is 9.48. The highest BCUT2D eigenvalue weighted by Crippen LogP contribution is 2.47. The van der Waals surface area contributed by atoms with Gasteiger partial charge < -0.3 is 9.45 Å². The summed E-state index contributed by atoms with van der Waals surface area (Å²) in [5, 5.41) is 0. The van der Waals surface area contributed by atoms with Crippen LogP contribution in [0.1, 0.15) is 52.5 Å². The average Bonchev–Trinajstić information content (AvgIpc) is 2.99. The molecule has 1 aromatic carbocycles. The van der Waals surface area contributed by atoms with Crippen LogP contribution in [0, 0.1) is 11.8 Å². The predicted octanol–water partition coefficient (Wildman–Crippen LogP) is 4.66. The van der Waals surface area contributed by atoms with Crippen molar-refractivity contribution in [2.45, 2.75) is 52.4 Å². The van der Waals surface area contributed by atoms with Crippen molar-refractivity contribution in [2.75, 3.05) is 17.2 Å². The molecule has 0 bridgehead atoms. The number of Topliss-reactive ketones (excluding diaryl/α,β-unsaturated/α-hetero) is 2. The fourth-order valence-corrected chi connectivity index (χ4v) is 6.05. The van der Waals surface area contributed by atoms with Crippen LogP contribution >= 0.6 is 12.2 Å². The van der Waals surface area contributed by atoms with E-state index in [0.717, 1.165) is 16.9 Å². The maximum absolute atomic E-state index is 12.9. The lowest BCUT2D eigenvalue weighted by atomic mass is 9.74. The van der Waals surface area contributed by atoms with Gasteiger partial charge in [0.15, 0.2) is 11.6 Å². The molecule has 0 saturated heterocycles. The Labute approximate surface area is 213 Å². The number of benzene rings is 1. The van der Waals surface area contributed by atoms with Gasteiger partial charge in [-0.1, -0.05) is 70.3 Å². The number of carbonyl (C=O) groups is 2. The number of para-hydroxylation sites is 1. The molecule has 3 rings (SSSR count). The minimum absolute atomic E-state index is 0.193. The number of allylic oxidation sites excluding steroid dienone is 6. The summed E-state index contributed by atoms with van der Waals surface area (Å²) in [6, 6.07) is 7.90. The third kappa shape index (κ3) is 5.55. The normalized spacial score (nSPS) is 23.5. The van der Waals surface area contributed by atoms with Gasteiger partial charge in [0, 0.05) is 34.0 Å². The van der Waals surface area contributed by atoms with Crippen molar-refractivity contribution < 1.29 is 22.6 Å². The fourth-order valence-electron chi connectivity index (χ4n) is 5.02. The van der Waals surface area contributed by atoms with E-state index in [1.807, 2.05) is 49.1 Å². The number of nitrogens with zero attached hydrogens (tertiary/aromatic N) is 1. The molecule has 6 nitrogen and oxygen atoms in total. The summed E-state index contributed by atoms with van der Waals surface area (Å²) >= 11 is 5.43. The van der Waals surface area contributed by atoms with Crippen molar-refractivity contribution in [3.63, 3.8) is 0 Å². The zero-order valence-corrected chi connectivity index (χ0v) is 22.2. The van der Waals surface area contributed by atoms with Crippen molar-refractivity contribution in [1.82, 2.24) is 0 Å².